The number of fused-ring (bicyclic) bond motifs is 1. The standard InChI is InChI=1S/C18H20ClNS/c1-2-20-18-14-8-4-3-7-13(14)11-12-17(18)21-16-10-6-5-9-15(16)19/h3-10,17-18,20H,2,11-12H2,1H3. The number of aryl methyl sites for hydroxylation is 1. The number of hydrogen-bond acceptors (Lipinski definition) is 2. The minimum Gasteiger partial charge on any atom is -0.309 e. The lowest BCUT2D eigenvalue weighted by atomic mass is 9.87. The van der Waals surface area contributed by atoms with E-state index in [1.807, 2.05) is 23.9 Å². The monoisotopic (exact) mass is 317 g/mol. The molecule has 0 radical (unpaired) electrons. The van der Waals surface area contributed by atoms with Crippen molar-refractivity contribution in [2.24, 2.45) is 0 Å². The molecule has 0 heterocycles. The fourth-order valence-corrected chi connectivity index (χ4v) is 4.57. The summed E-state index contributed by atoms with van der Waals surface area (Å²) in [5.41, 5.74) is 2.94. The van der Waals surface area contributed by atoms with E-state index in [9.17, 15) is 0 Å². The Balaban J connectivity index is 1.87. The zero-order chi connectivity index (χ0) is 14.7. The smallest absolute Gasteiger partial charge is 0.0541 e. The number of rotatable bonds is 4. The molecule has 2 unspecified atom stereocenters. The SMILES string of the molecule is CCNC1c2ccccc2CCC1Sc1ccccc1Cl. The summed E-state index contributed by atoms with van der Waals surface area (Å²) in [4.78, 5) is 1.19. The summed E-state index contributed by atoms with van der Waals surface area (Å²) >= 11 is 8.24. The van der Waals surface area contributed by atoms with Gasteiger partial charge in [0.25, 0.3) is 0 Å². The van der Waals surface area contributed by atoms with Gasteiger partial charge in [-0.3, -0.25) is 0 Å². The minimum absolute atomic E-state index is 0.404. The molecule has 0 spiro atoms. The molecule has 1 aliphatic rings. The van der Waals surface area contributed by atoms with E-state index in [0.29, 0.717) is 11.3 Å². The first-order valence-electron chi connectivity index (χ1n) is 7.52. The Bertz CT molecular complexity index is 614. The predicted molar refractivity (Wildman–Crippen MR) is 92.3 cm³/mol. The Kier molecular flexibility index (Phi) is 4.89. The maximum Gasteiger partial charge on any atom is 0.0541 e. The van der Waals surface area contributed by atoms with Crippen molar-refractivity contribution in [1.82, 2.24) is 5.32 Å². The molecule has 110 valence electrons. The van der Waals surface area contributed by atoms with Gasteiger partial charge < -0.3 is 5.32 Å². The molecule has 1 N–H and O–H groups in total. The number of nitrogens with one attached hydrogen (secondary N) is 1. The molecule has 1 aliphatic carbocycles. The van der Waals surface area contributed by atoms with Crippen molar-refractivity contribution in [3.63, 3.8) is 0 Å². The Labute approximate surface area is 136 Å². The van der Waals surface area contributed by atoms with Gasteiger partial charge in [-0.05, 0) is 42.6 Å². The second kappa shape index (κ2) is 6.87. The van der Waals surface area contributed by atoms with Gasteiger partial charge in [0.1, 0.15) is 0 Å². The second-order valence-corrected chi connectivity index (χ2v) is 7.05. The van der Waals surface area contributed by atoms with Crippen LogP contribution in [-0.2, 0) is 6.42 Å². The van der Waals surface area contributed by atoms with Crippen LogP contribution in [0, 0.1) is 0 Å². The van der Waals surface area contributed by atoms with Crippen LogP contribution in [-0.4, -0.2) is 11.8 Å². The first kappa shape index (κ1) is 15.0. The van der Waals surface area contributed by atoms with Gasteiger partial charge in [0, 0.05) is 16.2 Å². The molecular formula is C18H20ClNS. The molecule has 3 rings (SSSR count). The van der Waals surface area contributed by atoms with Gasteiger partial charge in [0.2, 0.25) is 0 Å². The lowest BCUT2D eigenvalue weighted by Gasteiger charge is -2.34. The molecule has 0 saturated carbocycles. The Hall–Kier alpha value is -0.960. The van der Waals surface area contributed by atoms with Gasteiger partial charge in [-0.15, -0.1) is 11.8 Å². The number of benzene rings is 2. The van der Waals surface area contributed by atoms with Gasteiger partial charge in [-0.1, -0.05) is 54.9 Å². The topological polar surface area (TPSA) is 12.0 Å². The van der Waals surface area contributed by atoms with E-state index >= 15 is 0 Å². The average Bonchev–Trinajstić information content (AvgIpc) is 2.52. The van der Waals surface area contributed by atoms with Crippen molar-refractivity contribution in [3.8, 4) is 0 Å². The third-order valence-electron chi connectivity index (χ3n) is 4.00. The van der Waals surface area contributed by atoms with Crippen molar-refractivity contribution in [1.29, 1.82) is 0 Å². The highest BCUT2D eigenvalue weighted by Gasteiger charge is 2.29. The van der Waals surface area contributed by atoms with Crippen LogP contribution in [0.15, 0.2) is 53.4 Å². The minimum atomic E-state index is 0.404. The van der Waals surface area contributed by atoms with Crippen molar-refractivity contribution < 1.29 is 0 Å². The van der Waals surface area contributed by atoms with E-state index in [2.05, 4.69) is 48.6 Å². The van der Waals surface area contributed by atoms with E-state index in [0.717, 1.165) is 18.0 Å². The van der Waals surface area contributed by atoms with Crippen molar-refractivity contribution in [2.75, 3.05) is 6.54 Å². The summed E-state index contributed by atoms with van der Waals surface area (Å²) in [5.74, 6) is 0. The van der Waals surface area contributed by atoms with E-state index in [1.54, 1.807) is 0 Å². The first-order valence-corrected chi connectivity index (χ1v) is 8.77. The number of hydrogen-bond donors (Lipinski definition) is 1. The highest BCUT2D eigenvalue weighted by atomic mass is 35.5. The largest absolute Gasteiger partial charge is 0.309 e. The highest BCUT2D eigenvalue weighted by molar-refractivity contribution is 8.00. The summed E-state index contributed by atoms with van der Waals surface area (Å²) in [6.45, 7) is 3.16. The predicted octanol–water partition coefficient (Wildman–Crippen LogP) is 5.10. The normalized spacial score (nSPS) is 21.0. The first-order chi connectivity index (χ1) is 10.3. The Morgan fingerprint density at radius 3 is 2.71 bits per heavy atom. The molecule has 1 nitrogen and oxygen atoms in total. The van der Waals surface area contributed by atoms with Crippen LogP contribution in [0.2, 0.25) is 5.02 Å². The zero-order valence-corrected chi connectivity index (χ0v) is 13.8. The zero-order valence-electron chi connectivity index (χ0n) is 12.2. The quantitative estimate of drug-likeness (QED) is 0.842. The van der Waals surface area contributed by atoms with Gasteiger partial charge in [-0.2, -0.15) is 0 Å². The molecule has 21 heavy (non-hydrogen) atoms. The van der Waals surface area contributed by atoms with Crippen LogP contribution in [0.25, 0.3) is 0 Å². The molecule has 2 aromatic rings. The van der Waals surface area contributed by atoms with Crippen LogP contribution in [0.5, 0.6) is 0 Å². The van der Waals surface area contributed by atoms with Crippen LogP contribution in [0.1, 0.15) is 30.5 Å². The molecule has 0 amide bonds. The second-order valence-electron chi connectivity index (χ2n) is 5.36. The average molecular weight is 318 g/mol. The lowest BCUT2D eigenvalue weighted by Crippen LogP contribution is -2.34. The van der Waals surface area contributed by atoms with Crippen LogP contribution < -0.4 is 5.32 Å². The summed E-state index contributed by atoms with van der Waals surface area (Å²) in [5, 5.41) is 5.05. The molecular weight excluding hydrogens is 298 g/mol. The van der Waals surface area contributed by atoms with E-state index in [-0.39, 0.29) is 0 Å². The van der Waals surface area contributed by atoms with Crippen molar-refractivity contribution >= 4 is 23.4 Å². The molecule has 0 aromatic heterocycles. The fourth-order valence-electron chi connectivity index (χ4n) is 3.02. The summed E-state index contributed by atoms with van der Waals surface area (Å²) in [7, 11) is 0. The molecule has 3 heteroatoms. The molecule has 0 fully saturated rings. The van der Waals surface area contributed by atoms with Gasteiger partial charge in [0.05, 0.1) is 5.02 Å². The van der Waals surface area contributed by atoms with Crippen LogP contribution >= 0.6 is 23.4 Å². The van der Waals surface area contributed by atoms with E-state index in [1.165, 1.54) is 22.4 Å². The third-order valence-corrected chi connectivity index (χ3v) is 5.86. The molecule has 2 aromatic carbocycles. The molecule has 0 aliphatic heterocycles. The molecule has 0 bridgehead atoms. The summed E-state index contributed by atoms with van der Waals surface area (Å²) in [6.07, 6.45) is 2.34. The number of halogens is 1. The van der Waals surface area contributed by atoms with E-state index < -0.39 is 0 Å². The van der Waals surface area contributed by atoms with Crippen LogP contribution in [0.4, 0.5) is 0 Å². The van der Waals surface area contributed by atoms with Gasteiger partial charge in [0.15, 0.2) is 0 Å². The number of thioether (sulfide) groups is 1. The molecule has 2 atom stereocenters. The van der Waals surface area contributed by atoms with Gasteiger partial charge >= 0.3 is 0 Å². The third kappa shape index (κ3) is 3.28. The summed E-state index contributed by atoms with van der Waals surface area (Å²) < 4.78 is 0. The van der Waals surface area contributed by atoms with Crippen molar-refractivity contribution in [3.05, 3.63) is 64.7 Å². The Morgan fingerprint density at radius 2 is 1.90 bits per heavy atom. The van der Waals surface area contributed by atoms with Crippen molar-refractivity contribution in [2.45, 2.75) is 36.0 Å². The maximum atomic E-state index is 6.33. The Morgan fingerprint density at radius 1 is 1.14 bits per heavy atom. The molecule has 0 saturated heterocycles. The van der Waals surface area contributed by atoms with Gasteiger partial charge in [-0.25, -0.2) is 0 Å². The van der Waals surface area contributed by atoms with Crippen LogP contribution in [0.3, 0.4) is 0 Å². The lowest BCUT2D eigenvalue weighted by molar-refractivity contribution is 0.484. The van der Waals surface area contributed by atoms with E-state index in [4.69, 9.17) is 11.6 Å². The maximum absolute atomic E-state index is 6.33. The highest BCUT2D eigenvalue weighted by Crippen LogP contribution is 2.41. The summed E-state index contributed by atoms with van der Waals surface area (Å²) in [6, 6.07) is 17.4. The fraction of sp³-hybridized carbons (Fsp3) is 0.333.